The first-order chi connectivity index (χ1) is 9.56. The van der Waals surface area contributed by atoms with Gasteiger partial charge in [0.2, 0.25) is 5.91 Å². The number of aromatic nitrogens is 1. The van der Waals surface area contributed by atoms with E-state index in [9.17, 15) is 10.0 Å². The lowest BCUT2D eigenvalue weighted by Gasteiger charge is -2.11. The van der Waals surface area contributed by atoms with E-state index in [2.05, 4.69) is 21.2 Å². The summed E-state index contributed by atoms with van der Waals surface area (Å²) >= 11 is 4.58. The fourth-order valence-corrected chi connectivity index (χ4v) is 2.80. The number of amides is 1. The Morgan fingerprint density at radius 3 is 2.85 bits per heavy atom. The van der Waals surface area contributed by atoms with Crippen LogP contribution < -0.4 is 10.0 Å². The van der Waals surface area contributed by atoms with Crippen molar-refractivity contribution in [2.75, 3.05) is 5.32 Å². The van der Waals surface area contributed by atoms with Gasteiger partial charge in [-0.05, 0) is 43.0 Å². The van der Waals surface area contributed by atoms with Crippen LogP contribution in [0.3, 0.4) is 0 Å². The molecule has 1 aromatic heterocycles. The van der Waals surface area contributed by atoms with E-state index >= 15 is 0 Å². The molecule has 6 heteroatoms. The number of pyridine rings is 1. The molecule has 0 bridgehead atoms. The van der Waals surface area contributed by atoms with Gasteiger partial charge in [0.25, 0.3) is 5.03 Å². The summed E-state index contributed by atoms with van der Waals surface area (Å²) in [6.07, 6.45) is 1.42. The number of halogens is 1. The number of carbonyl (C=O) groups excluding carboxylic acids is 1. The first-order valence-corrected chi connectivity index (χ1v) is 7.65. The van der Waals surface area contributed by atoms with Crippen molar-refractivity contribution in [3.8, 4) is 0 Å². The van der Waals surface area contributed by atoms with Crippen molar-refractivity contribution >= 4 is 39.3 Å². The highest BCUT2D eigenvalue weighted by Gasteiger charge is 2.18. The van der Waals surface area contributed by atoms with E-state index < -0.39 is 0 Å². The number of rotatable bonds is 4. The number of nitrogens with one attached hydrogen (secondary N) is 1. The summed E-state index contributed by atoms with van der Waals surface area (Å²) in [7, 11) is 0. The highest BCUT2D eigenvalue weighted by Crippen LogP contribution is 2.22. The average Bonchev–Trinajstić information content (AvgIpc) is 2.41. The molecule has 1 heterocycles. The quantitative estimate of drug-likeness (QED) is 0.522. The number of nitrogens with zero attached hydrogens (tertiary/aromatic N) is 1. The van der Waals surface area contributed by atoms with Crippen LogP contribution in [0.4, 0.5) is 5.69 Å². The largest absolute Gasteiger partial charge is 0.618 e. The van der Waals surface area contributed by atoms with Gasteiger partial charge < -0.3 is 10.5 Å². The van der Waals surface area contributed by atoms with E-state index in [0.29, 0.717) is 5.03 Å². The van der Waals surface area contributed by atoms with Crippen LogP contribution >= 0.6 is 27.7 Å². The standard InChI is InChI=1S/C14H13BrN2O2S/c1-10(20-13-7-2-3-8-17(13)19)14(18)16-12-6-4-5-11(15)9-12/h2-10H,1H3,(H,16,18). The molecule has 20 heavy (non-hydrogen) atoms. The summed E-state index contributed by atoms with van der Waals surface area (Å²) in [4.78, 5) is 12.1. The second-order valence-electron chi connectivity index (χ2n) is 4.12. The fourth-order valence-electron chi connectivity index (χ4n) is 1.55. The van der Waals surface area contributed by atoms with E-state index in [1.807, 2.05) is 24.3 Å². The van der Waals surface area contributed by atoms with Gasteiger partial charge in [0.15, 0.2) is 6.20 Å². The summed E-state index contributed by atoms with van der Waals surface area (Å²) in [5.41, 5.74) is 0.722. The summed E-state index contributed by atoms with van der Waals surface area (Å²) in [6, 6.07) is 12.5. The first-order valence-electron chi connectivity index (χ1n) is 5.97. The van der Waals surface area contributed by atoms with Crippen LogP contribution in [0.5, 0.6) is 0 Å². The molecular formula is C14H13BrN2O2S. The predicted octanol–water partition coefficient (Wildman–Crippen LogP) is 3.20. The van der Waals surface area contributed by atoms with Gasteiger partial charge >= 0.3 is 0 Å². The predicted molar refractivity (Wildman–Crippen MR) is 83.5 cm³/mol. The second-order valence-corrected chi connectivity index (χ2v) is 6.40. The van der Waals surface area contributed by atoms with Gasteiger partial charge in [-0.3, -0.25) is 4.79 Å². The van der Waals surface area contributed by atoms with Gasteiger partial charge in [-0.2, -0.15) is 4.73 Å². The van der Waals surface area contributed by atoms with Crippen molar-refractivity contribution in [1.29, 1.82) is 0 Å². The second kappa shape index (κ2) is 6.76. The number of anilines is 1. The maximum atomic E-state index is 12.1. The number of carbonyl (C=O) groups is 1. The normalized spacial score (nSPS) is 11.9. The minimum atomic E-state index is -0.364. The highest BCUT2D eigenvalue weighted by atomic mass is 79.9. The zero-order valence-corrected chi connectivity index (χ0v) is 13.1. The Morgan fingerprint density at radius 1 is 1.35 bits per heavy atom. The van der Waals surface area contributed by atoms with Crippen LogP contribution in [-0.2, 0) is 4.79 Å². The third-order valence-electron chi connectivity index (χ3n) is 2.55. The third kappa shape index (κ3) is 3.98. The SMILES string of the molecule is CC(Sc1cccc[n+]1[O-])C(=O)Nc1cccc(Br)c1. The van der Waals surface area contributed by atoms with Gasteiger partial charge in [-0.1, -0.05) is 22.0 Å². The molecule has 0 spiro atoms. The van der Waals surface area contributed by atoms with Crippen LogP contribution in [0.15, 0.2) is 58.2 Å². The molecule has 1 atom stereocenters. The minimum Gasteiger partial charge on any atom is -0.618 e. The fraction of sp³-hybridized carbons (Fsp3) is 0.143. The Bertz CT molecular complexity index is 622. The van der Waals surface area contributed by atoms with Crippen molar-refractivity contribution in [2.24, 2.45) is 0 Å². The van der Waals surface area contributed by atoms with Crippen LogP contribution in [-0.4, -0.2) is 11.2 Å². The van der Waals surface area contributed by atoms with Crippen LogP contribution in [0.1, 0.15) is 6.92 Å². The third-order valence-corrected chi connectivity index (χ3v) is 4.17. The van der Waals surface area contributed by atoms with E-state index in [1.54, 1.807) is 25.1 Å². The lowest BCUT2D eigenvalue weighted by atomic mass is 10.3. The zero-order valence-electron chi connectivity index (χ0n) is 10.7. The Balaban J connectivity index is 2.01. The van der Waals surface area contributed by atoms with Crippen molar-refractivity contribution in [3.05, 3.63) is 58.3 Å². The molecule has 1 aromatic carbocycles. The van der Waals surface area contributed by atoms with E-state index in [4.69, 9.17) is 0 Å². The van der Waals surface area contributed by atoms with Gasteiger partial charge in [0.05, 0.1) is 5.25 Å². The average molecular weight is 353 g/mol. The van der Waals surface area contributed by atoms with E-state index in [-0.39, 0.29) is 11.2 Å². The van der Waals surface area contributed by atoms with Crippen molar-refractivity contribution in [3.63, 3.8) is 0 Å². The Morgan fingerprint density at radius 2 is 2.15 bits per heavy atom. The maximum absolute atomic E-state index is 12.1. The smallest absolute Gasteiger partial charge is 0.252 e. The molecule has 0 aliphatic rings. The summed E-state index contributed by atoms with van der Waals surface area (Å²) < 4.78 is 1.66. The maximum Gasteiger partial charge on any atom is 0.252 e. The Hall–Kier alpha value is -1.53. The number of thioether (sulfide) groups is 1. The molecule has 2 rings (SSSR count). The molecule has 2 aromatic rings. The molecule has 104 valence electrons. The van der Waals surface area contributed by atoms with Gasteiger partial charge in [-0.15, -0.1) is 0 Å². The molecule has 1 N–H and O–H groups in total. The first kappa shape index (κ1) is 14.9. The molecule has 0 radical (unpaired) electrons. The van der Waals surface area contributed by atoms with Crippen molar-refractivity contribution < 1.29 is 9.52 Å². The Kier molecular flexibility index (Phi) is 5.03. The molecule has 1 amide bonds. The Labute approximate surface area is 129 Å². The number of hydrogen-bond donors (Lipinski definition) is 1. The van der Waals surface area contributed by atoms with Crippen LogP contribution in [0.25, 0.3) is 0 Å². The molecular weight excluding hydrogens is 340 g/mol. The number of benzene rings is 1. The zero-order chi connectivity index (χ0) is 14.5. The molecule has 0 saturated carbocycles. The monoisotopic (exact) mass is 352 g/mol. The van der Waals surface area contributed by atoms with Crippen molar-refractivity contribution in [2.45, 2.75) is 17.2 Å². The molecule has 4 nitrogen and oxygen atoms in total. The van der Waals surface area contributed by atoms with Gasteiger partial charge in [-0.25, -0.2) is 0 Å². The lowest BCUT2D eigenvalue weighted by molar-refractivity contribution is -0.645. The highest BCUT2D eigenvalue weighted by molar-refractivity contribution is 9.10. The molecule has 0 aliphatic heterocycles. The molecule has 1 unspecified atom stereocenters. The minimum absolute atomic E-state index is 0.142. The molecule has 0 fully saturated rings. The lowest BCUT2D eigenvalue weighted by Crippen LogP contribution is -2.30. The molecule has 0 aliphatic carbocycles. The topological polar surface area (TPSA) is 56.0 Å². The van der Waals surface area contributed by atoms with Crippen LogP contribution in [0.2, 0.25) is 0 Å². The van der Waals surface area contributed by atoms with E-state index in [1.165, 1.54) is 18.0 Å². The summed E-state index contributed by atoms with van der Waals surface area (Å²) in [5, 5.41) is 14.5. The van der Waals surface area contributed by atoms with Crippen LogP contribution in [0, 0.1) is 5.21 Å². The molecule has 0 saturated heterocycles. The van der Waals surface area contributed by atoms with Gasteiger partial charge in [0, 0.05) is 22.3 Å². The van der Waals surface area contributed by atoms with Crippen molar-refractivity contribution in [1.82, 2.24) is 0 Å². The summed E-state index contributed by atoms with van der Waals surface area (Å²) in [5.74, 6) is -0.142. The van der Waals surface area contributed by atoms with E-state index in [0.717, 1.165) is 14.9 Å². The van der Waals surface area contributed by atoms with Gasteiger partial charge in [0.1, 0.15) is 0 Å². The summed E-state index contributed by atoms with van der Waals surface area (Å²) in [6.45, 7) is 1.77. The number of hydrogen-bond acceptors (Lipinski definition) is 3.